The van der Waals surface area contributed by atoms with Crippen molar-refractivity contribution in [3.05, 3.63) is 30.5 Å². The molecule has 0 saturated heterocycles. The third kappa shape index (κ3) is 3.79. The first kappa shape index (κ1) is 18.7. The highest BCUT2D eigenvalue weighted by atomic mass is 16.5. The van der Waals surface area contributed by atoms with Gasteiger partial charge in [0.05, 0.1) is 13.0 Å². The number of esters is 1. The summed E-state index contributed by atoms with van der Waals surface area (Å²) in [5.41, 5.74) is 1.65. The molecule has 7 heteroatoms. The Kier molecular flexibility index (Phi) is 5.15. The van der Waals surface area contributed by atoms with E-state index < -0.39 is 0 Å². The van der Waals surface area contributed by atoms with Crippen LogP contribution in [-0.4, -0.2) is 36.0 Å². The lowest BCUT2D eigenvalue weighted by molar-refractivity contribution is -0.147. The van der Waals surface area contributed by atoms with Crippen molar-refractivity contribution in [2.45, 2.75) is 44.4 Å². The van der Waals surface area contributed by atoms with Gasteiger partial charge >= 0.3 is 5.97 Å². The summed E-state index contributed by atoms with van der Waals surface area (Å²) in [6.45, 7) is 0. The number of anilines is 1. The first-order valence-corrected chi connectivity index (χ1v) is 9.84. The standard InChI is InChI=1S/C21H25N3O4/c1-24(20(25)14-5-7-15(8-6-14)21(26)27-2)18-11-16(9-10-22-18)17-12-28-19(23-17)13-3-4-13/h9-15H,3-8H2,1-2H3. The van der Waals surface area contributed by atoms with Gasteiger partial charge in [-0.05, 0) is 50.7 Å². The smallest absolute Gasteiger partial charge is 0.308 e. The maximum absolute atomic E-state index is 12.9. The number of oxazole rings is 1. The topological polar surface area (TPSA) is 85.5 Å². The van der Waals surface area contributed by atoms with Gasteiger partial charge in [-0.15, -0.1) is 0 Å². The quantitative estimate of drug-likeness (QED) is 0.734. The first-order valence-electron chi connectivity index (χ1n) is 9.84. The molecule has 148 valence electrons. The second-order valence-electron chi connectivity index (χ2n) is 7.72. The molecule has 2 aromatic heterocycles. The Morgan fingerprint density at radius 3 is 2.54 bits per heavy atom. The van der Waals surface area contributed by atoms with Gasteiger partial charge in [0.25, 0.3) is 0 Å². The molecule has 2 aliphatic carbocycles. The number of carbonyl (C=O) groups is 2. The van der Waals surface area contributed by atoms with Crippen molar-refractivity contribution in [2.24, 2.45) is 11.8 Å². The molecule has 2 fully saturated rings. The molecule has 2 aliphatic rings. The summed E-state index contributed by atoms with van der Waals surface area (Å²) in [5.74, 6) is 1.52. The highest BCUT2D eigenvalue weighted by Gasteiger charge is 2.32. The highest BCUT2D eigenvalue weighted by molar-refractivity contribution is 5.94. The van der Waals surface area contributed by atoms with Crippen molar-refractivity contribution in [1.82, 2.24) is 9.97 Å². The fraction of sp³-hybridized carbons (Fsp3) is 0.524. The van der Waals surface area contributed by atoms with E-state index in [1.807, 2.05) is 12.1 Å². The van der Waals surface area contributed by atoms with Crippen LogP contribution in [0.3, 0.4) is 0 Å². The van der Waals surface area contributed by atoms with Crippen LogP contribution in [0.2, 0.25) is 0 Å². The number of amides is 1. The number of methoxy groups -OCH3 is 1. The molecule has 0 radical (unpaired) electrons. The Morgan fingerprint density at radius 1 is 1.14 bits per heavy atom. The van der Waals surface area contributed by atoms with E-state index in [0.29, 0.717) is 37.4 Å². The van der Waals surface area contributed by atoms with E-state index in [1.165, 1.54) is 7.11 Å². The van der Waals surface area contributed by atoms with E-state index in [-0.39, 0.29) is 23.7 Å². The van der Waals surface area contributed by atoms with Crippen LogP contribution in [-0.2, 0) is 14.3 Å². The Morgan fingerprint density at radius 2 is 1.86 bits per heavy atom. The van der Waals surface area contributed by atoms with Crippen LogP contribution in [0.15, 0.2) is 29.0 Å². The molecule has 0 N–H and O–H groups in total. The number of carbonyl (C=O) groups excluding carboxylic acids is 2. The number of aromatic nitrogens is 2. The van der Waals surface area contributed by atoms with Crippen LogP contribution < -0.4 is 4.90 Å². The Hall–Kier alpha value is -2.70. The zero-order valence-corrected chi connectivity index (χ0v) is 16.3. The molecule has 2 aromatic rings. The minimum Gasteiger partial charge on any atom is -0.469 e. The zero-order chi connectivity index (χ0) is 19.7. The van der Waals surface area contributed by atoms with Crippen molar-refractivity contribution in [1.29, 1.82) is 0 Å². The molecule has 4 rings (SSSR count). The maximum Gasteiger partial charge on any atom is 0.308 e. The van der Waals surface area contributed by atoms with Gasteiger partial charge in [-0.3, -0.25) is 14.5 Å². The monoisotopic (exact) mass is 383 g/mol. The Labute approximate surface area is 164 Å². The highest BCUT2D eigenvalue weighted by Crippen LogP contribution is 2.40. The van der Waals surface area contributed by atoms with Gasteiger partial charge in [0.1, 0.15) is 17.8 Å². The van der Waals surface area contributed by atoms with E-state index >= 15 is 0 Å². The van der Waals surface area contributed by atoms with Gasteiger partial charge in [0.2, 0.25) is 5.91 Å². The van der Waals surface area contributed by atoms with Crippen LogP contribution >= 0.6 is 0 Å². The summed E-state index contributed by atoms with van der Waals surface area (Å²) in [6, 6.07) is 3.74. The molecule has 28 heavy (non-hydrogen) atoms. The third-order valence-corrected chi connectivity index (χ3v) is 5.77. The number of rotatable bonds is 5. The maximum atomic E-state index is 12.9. The van der Waals surface area contributed by atoms with Crippen LogP contribution in [0.25, 0.3) is 11.3 Å². The van der Waals surface area contributed by atoms with Crippen molar-refractivity contribution >= 4 is 17.7 Å². The SMILES string of the molecule is COC(=O)C1CCC(C(=O)N(C)c2cc(-c3coc(C4CC4)n3)ccn2)CC1. The number of pyridine rings is 1. The van der Waals surface area contributed by atoms with Crippen molar-refractivity contribution in [3.63, 3.8) is 0 Å². The normalized spacial score (nSPS) is 21.9. The largest absolute Gasteiger partial charge is 0.469 e. The van der Waals surface area contributed by atoms with Crippen LogP contribution in [0, 0.1) is 11.8 Å². The lowest BCUT2D eigenvalue weighted by atomic mass is 9.81. The molecule has 0 aromatic carbocycles. The van der Waals surface area contributed by atoms with Gasteiger partial charge < -0.3 is 9.15 Å². The molecule has 1 amide bonds. The molecule has 7 nitrogen and oxygen atoms in total. The van der Waals surface area contributed by atoms with E-state index in [9.17, 15) is 9.59 Å². The van der Waals surface area contributed by atoms with Crippen molar-refractivity contribution in [3.8, 4) is 11.3 Å². The van der Waals surface area contributed by atoms with Crippen molar-refractivity contribution in [2.75, 3.05) is 19.1 Å². The summed E-state index contributed by atoms with van der Waals surface area (Å²) in [7, 11) is 3.16. The van der Waals surface area contributed by atoms with Gasteiger partial charge in [-0.2, -0.15) is 0 Å². The second-order valence-corrected chi connectivity index (χ2v) is 7.72. The van der Waals surface area contributed by atoms with E-state index in [1.54, 1.807) is 24.4 Å². The molecular formula is C21H25N3O4. The van der Waals surface area contributed by atoms with Gasteiger partial charge in [0, 0.05) is 30.6 Å². The predicted octanol–water partition coefficient (Wildman–Crippen LogP) is 3.56. The lowest BCUT2D eigenvalue weighted by Crippen LogP contribution is -2.36. The third-order valence-electron chi connectivity index (χ3n) is 5.77. The molecule has 2 saturated carbocycles. The second kappa shape index (κ2) is 7.73. The molecule has 0 atom stereocenters. The Balaban J connectivity index is 1.43. The molecular weight excluding hydrogens is 358 g/mol. The Bertz CT molecular complexity index is 866. The summed E-state index contributed by atoms with van der Waals surface area (Å²) < 4.78 is 10.4. The fourth-order valence-electron chi connectivity index (χ4n) is 3.83. The van der Waals surface area contributed by atoms with Crippen LogP contribution in [0.5, 0.6) is 0 Å². The summed E-state index contributed by atoms with van der Waals surface area (Å²) in [6.07, 6.45) is 8.39. The zero-order valence-electron chi connectivity index (χ0n) is 16.3. The average molecular weight is 383 g/mol. The molecule has 0 bridgehead atoms. The number of hydrogen-bond donors (Lipinski definition) is 0. The summed E-state index contributed by atoms with van der Waals surface area (Å²) in [5, 5.41) is 0. The minimum absolute atomic E-state index is 0.0341. The first-order chi connectivity index (χ1) is 13.6. The average Bonchev–Trinajstić information content (AvgIpc) is 3.48. The van der Waals surface area contributed by atoms with Gasteiger partial charge in [-0.25, -0.2) is 9.97 Å². The molecule has 0 aliphatic heterocycles. The van der Waals surface area contributed by atoms with E-state index in [0.717, 1.165) is 30.0 Å². The van der Waals surface area contributed by atoms with Crippen LogP contribution in [0.4, 0.5) is 5.82 Å². The molecule has 2 heterocycles. The summed E-state index contributed by atoms with van der Waals surface area (Å²) in [4.78, 5) is 35.1. The fourth-order valence-corrected chi connectivity index (χ4v) is 3.83. The number of ether oxygens (including phenoxy) is 1. The number of nitrogens with zero attached hydrogens (tertiary/aromatic N) is 3. The van der Waals surface area contributed by atoms with Gasteiger partial charge in [-0.1, -0.05) is 0 Å². The van der Waals surface area contributed by atoms with Gasteiger partial charge in [0.15, 0.2) is 5.89 Å². The molecule has 0 spiro atoms. The van der Waals surface area contributed by atoms with E-state index in [2.05, 4.69) is 9.97 Å². The van der Waals surface area contributed by atoms with Crippen molar-refractivity contribution < 1.29 is 18.7 Å². The van der Waals surface area contributed by atoms with Crippen LogP contribution in [0.1, 0.15) is 50.3 Å². The summed E-state index contributed by atoms with van der Waals surface area (Å²) >= 11 is 0. The molecule has 0 unspecified atom stereocenters. The predicted molar refractivity (Wildman–Crippen MR) is 103 cm³/mol. The minimum atomic E-state index is -0.174. The number of hydrogen-bond acceptors (Lipinski definition) is 6. The van der Waals surface area contributed by atoms with E-state index in [4.69, 9.17) is 9.15 Å². The lowest BCUT2D eigenvalue weighted by Gasteiger charge is -2.29.